The van der Waals surface area contributed by atoms with Gasteiger partial charge in [-0.3, -0.25) is 9.80 Å². The van der Waals surface area contributed by atoms with E-state index in [1.165, 1.54) is 104 Å². The summed E-state index contributed by atoms with van der Waals surface area (Å²) in [4.78, 5) is 11.0. The summed E-state index contributed by atoms with van der Waals surface area (Å²) < 4.78 is 0. The molecule has 0 N–H and O–H groups in total. The molecule has 4 aliphatic heterocycles. The second-order valence-corrected chi connectivity index (χ2v) is 17.2. The smallest absolute Gasteiger partial charge is 0.0350 e. The number of hydrogen-bond donors (Lipinski definition) is 0. The van der Waals surface area contributed by atoms with Gasteiger partial charge in [-0.1, -0.05) is 41.5 Å². The monoisotopic (exact) mass is 545 g/mol. The van der Waals surface area contributed by atoms with Crippen LogP contribution < -0.4 is 0 Å². The molecule has 4 rings (SSSR count). The Hall–Kier alpha value is -0.160. The molecule has 4 fully saturated rings. The summed E-state index contributed by atoms with van der Waals surface area (Å²) >= 11 is 0. The summed E-state index contributed by atoms with van der Waals surface area (Å²) in [5.41, 5.74) is 1.29. The molecular weight excluding hydrogens is 476 g/mol. The minimum atomic E-state index is 0.337. The largest absolute Gasteiger partial charge is 0.303 e. The van der Waals surface area contributed by atoms with E-state index in [1.54, 1.807) is 0 Å². The van der Waals surface area contributed by atoms with E-state index in [9.17, 15) is 0 Å². The van der Waals surface area contributed by atoms with Crippen molar-refractivity contribution in [1.82, 2.24) is 19.6 Å². The van der Waals surface area contributed by atoms with Crippen molar-refractivity contribution in [1.29, 1.82) is 0 Å². The topological polar surface area (TPSA) is 13.0 Å². The Bertz CT molecular complexity index is 745. The maximum atomic E-state index is 2.82. The van der Waals surface area contributed by atoms with Crippen molar-refractivity contribution in [2.75, 3.05) is 58.9 Å². The fraction of sp³-hybridized carbons (Fsp3) is 1.00. The highest BCUT2D eigenvalue weighted by atomic mass is 15.3. The number of hydrogen-bond acceptors (Lipinski definition) is 4. The van der Waals surface area contributed by atoms with E-state index >= 15 is 0 Å². The Labute approximate surface area is 244 Å². The molecule has 2 atom stereocenters. The zero-order chi connectivity index (χ0) is 28.6. The van der Waals surface area contributed by atoms with Crippen LogP contribution in [0.5, 0.6) is 0 Å². The normalized spacial score (nSPS) is 27.9. The molecule has 0 saturated carbocycles. The minimum absolute atomic E-state index is 0.337. The minimum Gasteiger partial charge on any atom is -0.303 e. The molecule has 0 aromatic heterocycles. The van der Waals surface area contributed by atoms with Crippen molar-refractivity contribution in [3.05, 3.63) is 0 Å². The van der Waals surface area contributed by atoms with Crippen molar-refractivity contribution >= 4 is 0 Å². The predicted octanol–water partition coefficient (Wildman–Crippen LogP) is 7.09. The Morgan fingerprint density at radius 3 is 1.64 bits per heavy atom. The van der Waals surface area contributed by atoms with Crippen LogP contribution in [0.2, 0.25) is 0 Å². The highest BCUT2D eigenvalue weighted by molar-refractivity contribution is 4.97. The summed E-state index contributed by atoms with van der Waals surface area (Å²) in [7, 11) is 0. The Morgan fingerprint density at radius 2 is 1.15 bits per heavy atom. The van der Waals surface area contributed by atoms with Gasteiger partial charge in [0, 0.05) is 43.8 Å². The Kier molecular flexibility index (Phi) is 10.3. The fourth-order valence-electron chi connectivity index (χ4n) is 8.40. The molecule has 4 heterocycles. The first kappa shape index (κ1) is 31.8. The van der Waals surface area contributed by atoms with Crippen LogP contribution in [0.15, 0.2) is 0 Å². The van der Waals surface area contributed by atoms with Gasteiger partial charge in [0.2, 0.25) is 0 Å². The maximum absolute atomic E-state index is 2.82. The van der Waals surface area contributed by atoms with Gasteiger partial charge in [0.1, 0.15) is 0 Å². The molecular formula is C35H68N4. The van der Waals surface area contributed by atoms with Gasteiger partial charge in [-0.2, -0.15) is 0 Å². The third-order valence-corrected chi connectivity index (χ3v) is 12.4. The molecule has 0 unspecified atom stereocenters. The van der Waals surface area contributed by atoms with Crippen molar-refractivity contribution in [2.24, 2.45) is 34.5 Å². The van der Waals surface area contributed by atoms with E-state index in [2.05, 4.69) is 88.8 Å². The van der Waals surface area contributed by atoms with Crippen LogP contribution in [0.3, 0.4) is 0 Å². The predicted molar refractivity (Wildman–Crippen MR) is 169 cm³/mol. The highest BCUT2D eigenvalue weighted by Gasteiger charge is 2.41. The number of likely N-dealkylation sites (tertiary alicyclic amines) is 4. The highest BCUT2D eigenvalue weighted by Crippen LogP contribution is 2.46. The van der Waals surface area contributed by atoms with Crippen LogP contribution in [0.4, 0.5) is 0 Å². The number of piperidine rings is 2. The summed E-state index contributed by atoms with van der Waals surface area (Å²) in [5, 5.41) is 0. The average Bonchev–Trinajstić information content (AvgIpc) is 3.29. The van der Waals surface area contributed by atoms with Crippen LogP contribution in [0.25, 0.3) is 0 Å². The van der Waals surface area contributed by atoms with Gasteiger partial charge in [-0.25, -0.2) is 0 Å². The second kappa shape index (κ2) is 12.6. The first-order valence-corrected chi connectivity index (χ1v) is 17.1. The summed E-state index contributed by atoms with van der Waals surface area (Å²) in [6.07, 6.45) is 9.86. The van der Waals surface area contributed by atoms with E-state index in [0.29, 0.717) is 16.4 Å². The van der Waals surface area contributed by atoms with Gasteiger partial charge in [0.15, 0.2) is 0 Å². The van der Waals surface area contributed by atoms with Crippen LogP contribution >= 0.6 is 0 Å². The van der Waals surface area contributed by atoms with E-state index in [0.717, 1.165) is 35.8 Å². The molecule has 4 aliphatic rings. The van der Waals surface area contributed by atoms with Gasteiger partial charge in [-0.05, 0) is 140 Å². The summed E-state index contributed by atoms with van der Waals surface area (Å²) in [6.45, 7) is 36.5. The molecule has 0 aromatic rings. The molecule has 4 heteroatoms. The average molecular weight is 545 g/mol. The third-order valence-electron chi connectivity index (χ3n) is 12.4. The van der Waals surface area contributed by atoms with Crippen LogP contribution in [-0.2, 0) is 0 Å². The standard InChI is InChI=1S/C35H68N4/c1-27(2)28(3)38-20-11-29(24-38)23-36-18-12-30(13-19-36)34(7,8)16-17-35(9,10)31-14-21-37(22-15-31)32-25-39(26-32)33(4,5)6/h27-32H,11-26H2,1-10H3/t28-,29+/m1/s1. The van der Waals surface area contributed by atoms with Gasteiger partial charge >= 0.3 is 0 Å². The number of rotatable bonds is 10. The Balaban J connectivity index is 1.15. The third kappa shape index (κ3) is 8.02. The molecule has 228 valence electrons. The molecule has 0 amide bonds. The van der Waals surface area contributed by atoms with E-state index in [-0.39, 0.29) is 0 Å². The lowest BCUT2D eigenvalue weighted by molar-refractivity contribution is -0.0420. The summed E-state index contributed by atoms with van der Waals surface area (Å²) in [5.74, 6) is 3.46. The second-order valence-electron chi connectivity index (χ2n) is 17.2. The first-order chi connectivity index (χ1) is 18.2. The van der Waals surface area contributed by atoms with Gasteiger partial charge in [-0.15, -0.1) is 0 Å². The first-order valence-electron chi connectivity index (χ1n) is 17.1. The van der Waals surface area contributed by atoms with E-state index < -0.39 is 0 Å². The van der Waals surface area contributed by atoms with Crippen molar-refractivity contribution in [3.8, 4) is 0 Å². The molecule has 0 spiro atoms. The lowest BCUT2D eigenvalue weighted by Gasteiger charge is -2.53. The van der Waals surface area contributed by atoms with Gasteiger partial charge in [0.05, 0.1) is 0 Å². The zero-order valence-corrected chi connectivity index (χ0v) is 28.1. The number of nitrogens with zero attached hydrogens (tertiary/aromatic N) is 4. The molecule has 0 radical (unpaired) electrons. The van der Waals surface area contributed by atoms with Crippen LogP contribution in [0, 0.1) is 34.5 Å². The summed E-state index contributed by atoms with van der Waals surface area (Å²) in [6, 6.07) is 1.55. The van der Waals surface area contributed by atoms with Crippen LogP contribution in [-0.4, -0.2) is 96.1 Å². The molecule has 39 heavy (non-hydrogen) atoms. The van der Waals surface area contributed by atoms with Crippen LogP contribution in [0.1, 0.15) is 114 Å². The van der Waals surface area contributed by atoms with Crippen molar-refractivity contribution in [2.45, 2.75) is 132 Å². The SMILES string of the molecule is CC(C)[C@@H](C)N1CC[C@@H](CN2CCC(C(C)(C)CCC(C)(C)C3CCN(C4CN(C(C)(C)C)C4)CC3)CC2)C1. The molecule has 0 aliphatic carbocycles. The molecule has 4 nitrogen and oxygen atoms in total. The maximum Gasteiger partial charge on any atom is 0.0350 e. The van der Waals surface area contributed by atoms with Crippen molar-refractivity contribution < 1.29 is 0 Å². The quantitative estimate of drug-likeness (QED) is 0.291. The molecule has 0 aromatic carbocycles. The lowest BCUT2D eigenvalue weighted by Crippen LogP contribution is -2.65. The van der Waals surface area contributed by atoms with E-state index in [1.807, 2.05) is 0 Å². The van der Waals surface area contributed by atoms with Gasteiger partial charge < -0.3 is 9.80 Å². The van der Waals surface area contributed by atoms with Crippen molar-refractivity contribution in [3.63, 3.8) is 0 Å². The lowest BCUT2D eigenvalue weighted by atomic mass is 9.65. The van der Waals surface area contributed by atoms with E-state index in [4.69, 9.17) is 0 Å². The molecule has 0 bridgehead atoms. The fourth-order valence-corrected chi connectivity index (χ4v) is 8.40. The Morgan fingerprint density at radius 1 is 0.641 bits per heavy atom. The molecule has 4 saturated heterocycles. The zero-order valence-electron chi connectivity index (χ0n) is 28.1. The van der Waals surface area contributed by atoms with Gasteiger partial charge in [0.25, 0.3) is 0 Å².